The van der Waals surface area contributed by atoms with E-state index in [1.54, 1.807) is 0 Å². The standard InChI is InChI=1S/C15H24N2O2/c1-15(2)10-12(9-13(18)11-15)16-6-4-8-17-7-3-5-14(17)19/h3-11H2,1-2H3. The summed E-state index contributed by atoms with van der Waals surface area (Å²) in [7, 11) is 0. The van der Waals surface area contributed by atoms with Crippen LogP contribution in [-0.4, -0.2) is 41.9 Å². The Morgan fingerprint density at radius 3 is 2.68 bits per heavy atom. The fraction of sp³-hybridized carbons (Fsp3) is 0.800. The number of hydrogen-bond acceptors (Lipinski definition) is 3. The lowest BCUT2D eigenvalue weighted by atomic mass is 9.76. The maximum atomic E-state index is 11.6. The third kappa shape index (κ3) is 4.15. The van der Waals surface area contributed by atoms with Crippen molar-refractivity contribution in [1.29, 1.82) is 0 Å². The van der Waals surface area contributed by atoms with Gasteiger partial charge in [0, 0.05) is 44.6 Å². The minimum atomic E-state index is 0.0685. The van der Waals surface area contributed by atoms with Crippen LogP contribution in [0.2, 0.25) is 0 Å². The minimum Gasteiger partial charge on any atom is -0.343 e. The van der Waals surface area contributed by atoms with Crippen LogP contribution >= 0.6 is 0 Å². The molecule has 0 aromatic carbocycles. The summed E-state index contributed by atoms with van der Waals surface area (Å²) < 4.78 is 0. The van der Waals surface area contributed by atoms with Crippen molar-refractivity contribution in [3.8, 4) is 0 Å². The molecule has 4 nitrogen and oxygen atoms in total. The first-order chi connectivity index (χ1) is 8.96. The van der Waals surface area contributed by atoms with E-state index in [9.17, 15) is 9.59 Å². The largest absolute Gasteiger partial charge is 0.343 e. The first kappa shape index (κ1) is 14.2. The van der Waals surface area contributed by atoms with Crippen LogP contribution in [-0.2, 0) is 9.59 Å². The minimum absolute atomic E-state index is 0.0685. The van der Waals surface area contributed by atoms with E-state index in [0.29, 0.717) is 25.0 Å². The Hall–Kier alpha value is -1.19. The number of hydrogen-bond donors (Lipinski definition) is 0. The molecular formula is C15H24N2O2. The van der Waals surface area contributed by atoms with E-state index in [1.165, 1.54) is 0 Å². The van der Waals surface area contributed by atoms with Crippen LogP contribution in [0.1, 0.15) is 52.4 Å². The molecule has 0 bridgehead atoms. The number of carbonyl (C=O) groups is 2. The second-order valence-corrected chi connectivity index (χ2v) is 6.52. The fourth-order valence-corrected chi connectivity index (χ4v) is 3.05. The van der Waals surface area contributed by atoms with Crippen molar-refractivity contribution < 1.29 is 9.59 Å². The Kier molecular flexibility index (Phi) is 4.38. The molecule has 0 unspecified atom stereocenters. The number of carbonyl (C=O) groups excluding carboxylic acids is 2. The Morgan fingerprint density at radius 1 is 1.26 bits per heavy atom. The predicted molar refractivity (Wildman–Crippen MR) is 75.4 cm³/mol. The summed E-state index contributed by atoms with van der Waals surface area (Å²) in [5, 5.41) is 0. The van der Waals surface area contributed by atoms with Gasteiger partial charge in [-0.05, 0) is 24.7 Å². The maximum Gasteiger partial charge on any atom is 0.222 e. The number of rotatable bonds is 4. The van der Waals surface area contributed by atoms with E-state index in [-0.39, 0.29) is 11.3 Å². The van der Waals surface area contributed by atoms with Gasteiger partial charge in [0.2, 0.25) is 5.91 Å². The number of likely N-dealkylation sites (tertiary alicyclic amines) is 1. The van der Waals surface area contributed by atoms with Crippen LogP contribution in [0, 0.1) is 5.41 Å². The third-order valence-electron chi connectivity index (χ3n) is 3.85. The Balaban J connectivity index is 1.76. The molecule has 2 rings (SSSR count). The summed E-state index contributed by atoms with van der Waals surface area (Å²) in [5.74, 6) is 0.589. The highest BCUT2D eigenvalue weighted by Crippen LogP contribution is 2.31. The SMILES string of the molecule is CC1(C)CC(=O)CC(=NCCCN2CCCC2=O)C1. The number of ketones is 1. The van der Waals surface area contributed by atoms with Gasteiger partial charge in [-0.2, -0.15) is 0 Å². The van der Waals surface area contributed by atoms with Gasteiger partial charge < -0.3 is 4.90 Å². The molecule has 19 heavy (non-hydrogen) atoms. The van der Waals surface area contributed by atoms with E-state index in [4.69, 9.17) is 0 Å². The molecule has 1 aliphatic heterocycles. The zero-order valence-electron chi connectivity index (χ0n) is 12.1. The zero-order valence-corrected chi connectivity index (χ0v) is 12.1. The van der Waals surface area contributed by atoms with Crippen molar-refractivity contribution in [1.82, 2.24) is 4.90 Å². The van der Waals surface area contributed by atoms with Crippen molar-refractivity contribution in [2.75, 3.05) is 19.6 Å². The van der Waals surface area contributed by atoms with Crippen LogP contribution in [0.5, 0.6) is 0 Å². The van der Waals surface area contributed by atoms with Crippen LogP contribution in [0.25, 0.3) is 0 Å². The van der Waals surface area contributed by atoms with Gasteiger partial charge in [-0.3, -0.25) is 14.6 Å². The summed E-state index contributed by atoms with van der Waals surface area (Å²) in [5.41, 5.74) is 1.12. The average molecular weight is 264 g/mol. The van der Waals surface area contributed by atoms with Gasteiger partial charge in [0.05, 0.1) is 0 Å². The molecule has 0 atom stereocenters. The lowest BCUT2D eigenvalue weighted by Gasteiger charge is -2.29. The molecule has 1 saturated carbocycles. The molecule has 1 amide bonds. The van der Waals surface area contributed by atoms with Gasteiger partial charge in [-0.15, -0.1) is 0 Å². The van der Waals surface area contributed by atoms with E-state index in [1.807, 2.05) is 4.90 Å². The Bertz CT molecular complexity index is 399. The van der Waals surface area contributed by atoms with E-state index >= 15 is 0 Å². The van der Waals surface area contributed by atoms with Gasteiger partial charge in [0.1, 0.15) is 5.78 Å². The predicted octanol–water partition coefficient (Wildman–Crippen LogP) is 2.22. The quantitative estimate of drug-likeness (QED) is 0.731. The molecule has 106 valence electrons. The molecule has 0 N–H and O–H groups in total. The maximum absolute atomic E-state index is 11.6. The van der Waals surface area contributed by atoms with Gasteiger partial charge in [-0.25, -0.2) is 0 Å². The van der Waals surface area contributed by atoms with E-state index in [2.05, 4.69) is 18.8 Å². The lowest BCUT2D eigenvalue weighted by molar-refractivity contribution is -0.127. The highest BCUT2D eigenvalue weighted by Gasteiger charge is 2.30. The fourth-order valence-electron chi connectivity index (χ4n) is 3.05. The Labute approximate surface area is 115 Å². The van der Waals surface area contributed by atoms with Crippen molar-refractivity contribution in [3.63, 3.8) is 0 Å². The molecule has 2 fully saturated rings. The van der Waals surface area contributed by atoms with Gasteiger partial charge in [-0.1, -0.05) is 13.8 Å². The first-order valence-corrected chi connectivity index (χ1v) is 7.28. The molecule has 0 radical (unpaired) electrons. The highest BCUT2D eigenvalue weighted by molar-refractivity contribution is 6.04. The topological polar surface area (TPSA) is 49.7 Å². The number of nitrogens with zero attached hydrogens (tertiary/aromatic N) is 2. The summed E-state index contributed by atoms with van der Waals surface area (Å²) in [6.07, 6.45) is 4.75. The zero-order chi connectivity index (χ0) is 13.9. The smallest absolute Gasteiger partial charge is 0.222 e. The normalized spacial score (nSPS) is 25.4. The first-order valence-electron chi connectivity index (χ1n) is 7.28. The van der Waals surface area contributed by atoms with Crippen molar-refractivity contribution in [3.05, 3.63) is 0 Å². The van der Waals surface area contributed by atoms with E-state index in [0.717, 1.165) is 44.6 Å². The van der Waals surface area contributed by atoms with Gasteiger partial charge >= 0.3 is 0 Å². The van der Waals surface area contributed by atoms with Crippen LogP contribution in [0.3, 0.4) is 0 Å². The van der Waals surface area contributed by atoms with E-state index < -0.39 is 0 Å². The molecule has 1 aliphatic carbocycles. The average Bonchev–Trinajstić information content (AvgIpc) is 2.68. The molecule has 0 aromatic rings. The molecule has 0 spiro atoms. The Morgan fingerprint density at radius 2 is 2.05 bits per heavy atom. The molecule has 2 aliphatic rings. The molecule has 4 heteroatoms. The second kappa shape index (κ2) is 5.85. The molecular weight excluding hydrogens is 240 g/mol. The van der Waals surface area contributed by atoms with Crippen molar-refractivity contribution in [2.24, 2.45) is 10.4 Å². The number of aliphatic imine (C=N–C) groups is 1. The summed E-state index contributed by atoms with van der Waals surface area (Å²) in [6.45, 7) is 6.71. The summed E-state index contributed by atoms with van der Waals surface area (Å²) in [6, 6.07) is 0. The lowest BCUT2D eigenvalue weighted by Crippen LogP contribution is -2.29. The third-order valence-corrected chi connectivity index (χ3v) is 3.85. The van der Waals surface area contributed by atoms with Crippen LogP contribution < -0.4 is 0 Å². The van der Waals surface area contributed by atoms with Gasteiger partial charge in [0.25, 0.3) is 0 Å². The molecule has 0 aromatic heterocycles. The van der Waals surface area contributed by atoms with Crippen LogP contribution in [0.15, 0.2) is 4.99 Å². The van der Waals surface area contributed by atoms with Crippen LogP contribution in [0.4, 0.5) is 0 Å². The van der Waals surface area contributed by atoms with Crippen molar-refractivity contribution in [2.45, 2.75) is 52.4 Å². The second-order valence-electron chi connectivity index (χ2n) is 6.52. The number of Topliss-reactive ketones (excluding diaryl/α,β-unsaturated/α-hetero) is 1. The van der Waals surface area contributed by atoms with Gasteiger partial charge in [0.15, 0.2) is 0 Å². The summed E-state index contributed by atoms with van der Waals surface area (Å²) in [4.78, 5) is 29.6. The van der Waals surface area contributed by atoms with Crippen molar-refractivity contribution >= 4 is 17.4 Å². The monoisotopic (exact) mass is 264 g/mol. The highest BCUT2D eigenvalue weighted by atomic mass is 16.2. The summed E-state index contributed by atoms with van der Waals surface area (Å²) >= 11 is 0. The molecule has 1 saturated heterocycles. The number of amides is 1. The molecule has 1 heterocycles.